The lowest BCUT2D eigenvalue weighted by molar-refractivity contribution is 0.620. The van der Waals surface area contributed by atoms with Gasteiger partial charge in [-0.05, 0) is 69.4 Å². The van der Waals surface area contributed by atoms with E-state index in [1.807, 2.05) is 44.2 Å². The van der Waals surface area contributed by atoms with Crippen LogP contribution in [0.15, 0.2) is 30.3 Å². The Balaban J connectivity index is 2.06. The van der Waals surface area contributed by atoms with Crippen molar-refractivity contribution >= 4 is 34.2 Å². The van der Waals surface area contributed by atoms with Crippen molar-refractivity contribution in [3.8, 4) is 21.1 Å². The number of aromatic nitrogens is 3. The van der Waals surface area contributed by atoms with Gasteiger partial charge in [0, 0.05) is 17.1 Å². The monoisotopic (exact) mass is 426 g/mol. The third-order valence-electron chi connectivity index (χ3n) is 5.00. The van der Waals surface area contributed by atoms with E-state index in [-0.39, 0.29) is 0 Å². The molecule has 0 saturated heterocycles. The van der Waals surface area contributed by atoms with Gasteiger partial charge in [-0.25, -0.2) is 4.98 Å². The van der Waals surface area contributed by atoms with E-state index in [0.717, 1.165) is 56.8 Å². The largest absolute Gasteiger partial charge is 0.342 e. The molecule has 3 aromatic rings. The highest BCUT2D eigenvalue weighted by Gasteiger charge is 2.21. The van der Waals surface area contributed by atoms with Gasteiger partial charge in [-0.2, -0.15) is 0 Å². The fourth-order valence-corrected chi connectivity index (χ4v) is 4.94. The number of halogens is 1. The molecule has 29 heavy (non-hydrogen) atoms. The molecule has 2 N–H and O–H groups in total. The summed E-state index contributed by atoms with van der Waals surface area (Å²) in [6.07, 6.45) is 3.94. The Labute approximate surface area is 181 Å². The van der Waals surface area contributed by atoms with Gasteiger partial charge in [0.2, 0.25) is 0 Å². The van der Waals surface area contributed by atoms with Gasteiger partial charge in [0.1, 0.15) is 11.5 Å². The third kappa shape index (κ3) is 4.68. The van der Waals surface area contributed by atoms with Crippen molar-refractivity contribution in [3.63, 3.8) is 0 Å². The Kier molecular flexibility index (Phi) is 6.70. The first kappa shape index (κ1) is 21.5. The first-order valence-electron chi connectivity index (χ1n) is 9.91. The second kappa shape index (κ2) is 9.06. The van der Waals surface area contributed by atoms with Crippen LogP contribution in [0, 0.1) is 25.2 Å². The summed E-state index contributed by atoms with van der Waals surface area (Å²) in [5.74, 6) is 1.19. The van der Waals surface area contributed by atoms with Crippen LogP contribution >= 0.6 is 22.9 Å². The molecule has 3 heterocycles. The molecular weight excluding hydrogens is 400 g/mol. The number of thiophene rings is 1. The molecule has 0 unspecified atom stereocenters. The summed E-state index contributed by atoms with van der Waals surface area (Å²) in [5, 5.41) is 8.63. The van der Waals surface area contributed by atoms with Crippen LogP contribution in [0.2, 0.25) is 5.02 Å². The third-order valence-corrected chi connectivity index (χ3v) is 6.57. The molecule has 0 spiro atoms. The summed E-state index contributed by atoms with van der Waals surface area (Å²) < 4.78 is 0. The zero-order valence-corrected chi connectivity index (χ0v) is 19.1. The molecule has 4 nitrogen and oxygen atoms in total. The number of aryl methyl sites for hydroxylation is 2. The maximum Gasteiger partial charge on any atom is 0.134 e. The van der Waals surface area contributed by atoms with Gasteiger partial charge in [-0.3, -0.25) is 4.98 Å². The zero-order valence-electron chi connectivity index (χ0n) is 17.6. The van der Waals surface area contributed by atoms with Crippen LogP contribution in [0.25, 0.3) is 26.7 Å². The number of H-pyrrole nitrogens is 1. The van der Waals surface area contributed by atoms with Gasteiger partial charge in [0.15, 0.2) is 0 Å². The summed E-state index contributed by atoms with van der Waals surface area (Å²) in [5.41, 5.74) is 5.37. The van der Waals surface area contributed by atoms with Crippen LogP contribution in [0.1, 0.15) is 50.8 Å². The minimum atomic E-state index is 0.361. The molecule has 0 atom stereocenters. The number of hydrogen-bond donors (Lipinski definition) is 2. The maximum absolute atomic E-state index is 7.95. The van der Waals surface area contributed by atoms with E-state index in [9.17, 15) is 0 Å². The van der Waals surface area contributed by atoms with Crippen molar-refractivity contribution < 1.29 is 0 Å². The lowest BCUT2D eigenvalue weighted by Crippen LogP contribution is -2.04. The van der Waals surface area contributed by atoms with Gasteiger partial charge >= 0.3 is 0 Å². The molecule has 0 bridgehead atoms. The van der Waals surface area contributed by atoms with Gasteiger partial charge in [-0.15, -0.1) is 11.3 Å². The fraction of sp³-hybridized carbons (Fsp3) is 0.348. The van der Waals surface area contributed by atoms with Gasteiger partial charge < -0.3 is 10.4 Å². The quantitative estimate of drug-likeness (QED) is 0.388. The Morgan fingerprint density at radius 3 is 2.59 bits per heavy atom. The van der Waals surface area contributed by atoms with Crippen LogP contribution < -0.4 is 0 Å². The van der Waals surface area contributed by atoms with E-state index < -0.39 is 0 Å². The SMILES string of the molecule is CCC(CC)/C(=C/C(C)=N)c1nc(-c2sc(-c3cccc(C)n3)cc2Cl)c(C)[nH]1. The predicted molar refractivity (Wildman–Crippen MR) is 125 cm³/mol. The topological polar surface area (TPSA) is 65.4 Å². The summed E-state index contributed by atoms with van der Waals surface area (Å²) in [7, 11) is 0. The van der Waals surface area contributed by atoms with E-state index in [0.29, 0.717) is 16.7 Å². The molecule has 6 heteroatoms. The zero-order chi connectivity index (χ0) is 21.1. The first-order valence-corrected chi connectivity index (χ1v) is 11.1. The minimum absolute atomic E-state index is 0.361. The van der Waals surface area contributed by atoms with Crippen LogP contribution in [0.4, 0.5) is 0 Å². The fourth-order valence-electron chi connectivity index (χ4n) is 3.50. The molecule has 0 fully saturated rings. The minimum Gasteiger partial charge on any atom is -0.342 e. The van der Waals surface area contributed by atoms with E-state index in [1.54, 1.807) is 18.3 Å². The van der Waals surface area contributed by atoms with Gasteiger partial charge in [0.25, 0.3) is 0 Å². The van der Waals surface area contributed by atoms with Crippen molar-refractivity contribution in [3.05, 3.63) is 52.6 Å². The molecule has 3 rings (SSSR count). The average Bonchev–Trinajstić information content (AvgIpc) is 3.24. The molecule has 0 aliphatic heterocycles. The highest BCUT2D eigenvalue weighted by Crippen LogP contribution is 2.41. The van der Waals surface area contributed by atoms with Crippen LogP contribution in [0.5, 0.6) is 0 Å². The van der Waals surface area contributed by atoms with Crippen molar-refractivity contribution in [2.24, 2.45) is 5.92 Å². The summed E-state index contributed by atoms with van der Waals surface area (Å²) in [6.45, 7) is 10.2. The van der Waals surface area contributed by atoms with Crippen molar-refractivity contribution in [1.82, 2.24) is 15.0 Å². The van der Waals surface area contributed by atoms with Crippen molar-refractivity contribution in [1.29, 1.82) is 5.41 Å². The number of nitrogens with zero attached hydrogens (tertiary/aromatic N) is 2. The second-order valence-corrected chi connectivity index (χ2v) is 8.77. The number of rotatable bonds is 7. The molecule has 152 valence electrons. The lowest BCUT2D eigenvalue weighted by Gasteiger charge is -2.15. The maximum atomic E-state index is 7.95. The second-order valence-electron chi connectivity index (χ2n) is 7.31. The number of imidazole rings is 1. The number of allylic oxidation sites excluding steroid dienone is 2. The smallest absolute Gasteiger partial charge is 0.134 e. The van der Waals surface area contributed by atoms with Crippen LogP contribution in [0.3, 0.4) is 0 Å². The van der Waals surface area contributed by atoms with Crippen molar-refractivity contribution in [2.75, 3.05) is 0 Å². The standard InChI is InChI=1S/C23H27ClN4S/c1-6-16(7-2)17(11-13(3)25)23-27-15(5)21(28-23)22-18(24)12-20(29-22)19-10-8-9-14(4)26-19/h8-12,16,25H,6-7H2,1-5H3,(H,27,28)/b17-11-,25-13?. The molecule has 0 amide bonds. The Hall–Kier alpha value is -2.24. The van der Waals surface area contributed by atoms with E-state index >= 15 is 0 Å². The predicted octanol–water partition coefficient (Wildman–Crippen LogP) is 7.33. The van der Waals surface area contributed by atoms with Crippen LogP contribution in [-0.4, -0.2) is 20.7 Å². The summed E-state index contributed by atoms with van der Waals surface area (Å²) in [6, 6.07) is 7.97. The molecular formula is C23H27ClN4S. The van der Waals surface area contributed by atoms with E-state index in [1.165, 1.54) is 0 Å². The van der Waals surface area contributed by atoms with Crippen molar-refractivity contribution in [2.45, 2.75) is 47.5 Å². The molecule has 0 radical (unpaired) electrons. The molecule has 0 aromatic carbocycles. The number of nitrogens with one attached hydrogen (secondary N) is 2. The Bertz CT molecular complexity index is 1060. The molecule has 3 aromatic heterocycles. The van der Waals surface area contributed by atoms with E-state index in [2.05, 4.69) is 23.8 Å². The molecule has 0 aliphatic carbocycles. The molecule has 0 aliphatic rings. The highest BCUT2D eigenvalue weighted by atomic mass is 35.5. The van der Waals surface area contributed by atoms with Gasteiger partial charge in [0.05, 0.1) is 20.5 Å². The number of hydrogen-bond acceptors (Lipinski definition) is 4. The Morgan fingerprint density at radius 2 is 1.97 bits per heavy atom. The molecule has 0 saturated carbocycles. The Morgan fingerprint density at radius 1 is 1.24 bits per heavy atom. The lowest BCUT2D eigenvalue weighted by atomic mass is 9.92. The number of pyridine rings is 1. The van der Waals surface area contributed by atoms with Crippen LogP contribution in [-0.2, 0) is 0 Å². The number of aromatic amines is 1. The average molecular weight is 427 g/mol. The highest BCUT2D eigenvalue weighted by molar-refractivity contribution is 7.19. The van der Waals surface area contributed by atoms with Gasteiger partial charge in [-0.1, -0.05) is 31.5 Å². The summed E-state index contributed by atoms with van der Waals surface area (Å²) in [4.78, 5) is 15.0. The summed E-state index contributed by atoms with van der Waals surface area (Å²) >= 11 is 8.22. The van der Waals surface area contributed by atoms with E-state index in [4.69, 9.17) is 22.0 Å². The first-order chi connectivity index (χ1) is 13.8. The normalized spacial score (nSPS) is 12.0.